The summed E-state index contributed by atoms with van der Waals surface area (Å²) >= 11 is 0. The largest absolute Gasteiger partial charge is 1.00 e. The summed E-state index contributed by atoms with van der Waals surface area (Å²) in [6, 6.07) is 5.45. The topological polar surface area (TPSA) is 80.8 Å². The van der Waals surface area contributed by atoms with E-state index in [1.165, 1.54) is 0 Å². The fraction of sp³-hybridized carbons (Fsp3) is 0.190. The van der Waals surface area contributed by atoms with E-state index in [0.717, 1.165) is 22.9 Å². The molecule has 3 heterocycles. The molecule has 0 fully saturated rings. The van der Waals surface area contributed by atoms with Crippen LogP contribution in [0.2, 0.25) is 0 Å². The summed E-state index contributed by atoms with van der Waals surface area (Å²) in [4.78, 5) is 23.3. The molecule has 11 heteroatoms. The third-order valence-electron chi connectivity index (χ3n) is 4.76. The number of aromatic nitrogens is 1. The molecule has 0 saturated carbocycles. The maximum atomic E-state index is 5.27. The Kier molecular flexibility index (Phi) is 10.1. The molecular weight excluding hydrogens is 512 g/mol. The number of hydrogen-bond donors (Lipinski definition) is 0. The van der Waals surface area contributed by atoms with Crippen molar-refractivity contribution in [3.8, 4) is 0 Å². The van der Waals surface area contributed by atoms with E-state index in [2.05, 4.69) is 20.0 Å². The molecule has 0 N–H and O–H groups in total. The fourth-order valence-electron chi connectivity index (χ4n) is 3.31. The first-order valence-electron chi connectivity index (χ1n) is 8.92. The van der Waals surface area contributed by atoms with Crippen molar-refractivity contribution in [1.29, 1.82) is 0 Å². The summed E-state index contributed by atoms with van der Waals surface area (Å²) in [5.41, 5.74) is 3.16. The van der Waals surface area contributed by atoms with Crippen LogP contribution >= 0.6 is 0 Å². The number of methoxy groups -OCH3 is 2. The summed E-state index contributed by atoms with van der Waals surface area (Å²) in [5.74, 6) is 2.77. The molecule has 167 valence electrons. The monoisotopic (exact) mass is 527 g/mol. The summed E-state index contributed by atoms with van der Waals surface area (Å²) in [6.07, 6.45) is 11.5. The number of nitrogens with zero attached hydrogens (tertiary/aromatic N) is 5. The third kappa shape index (κ3) is 5.25. The minimum absolute atomic E-state index is 0. The van der Waals surface area contributed by atoms with E-state index < -0.39 is 0 Å². The summed E-state index contributed by atoms with van der Waals surface area (Å²) in [7, 11) is 3.29. The molecule has 5 rings (SSSR count). The van der Waals surface area contributed by atoms with Gasteiger partial charge in [-0.3, -0.25) is 9.98 Å². The summed E-state index contributed by atoms with van der Waals surface area (Å²) in [5, 5.41) is 0. The van der Waals surface area contributed by atoms with Crippen LogP contribution in [0.15, 0.2) is 86.1 Å². The molecule has 2 unspecified atom stereocenters. The molecule has 2 aliphatic heterocycles. The van der Waals surface area contributed by atoms with Gasteiger partial charge in [0.2, 0.25) is 0 Å². The van der Waals surface area contributed by atoms with Crippen molar-refractivity contribution in [3.63, 3.8) is 0 Å². The smallest absolute Gasteiger partial charge is 0.174 e. The fourth-order valence-corrected chi connectivity index (χ4v) is 3.31. The maximum absolute atomic E-state index is 5.27. The summed E-state index contributed by atoms with van der Waals surface area (Å²) in [6.45, 7) is 0. The molecule has 7 nitrogen and oxygen atoms in total. The van der Waals surface area contributed by atoms with E-state index >= 15 is 0 Å². The second-order valence-electron chi connectivity index (χ2n) is 6.49. The van der Waals surface area contributed by atoms with Crippen LogP contribution in [-0.4, -0.2) is 54.4 Å². The van der Waals surface area contributed by atoms with Crippen LogP contribution in [0.25, 0.3) is 0 Å². The Morgan fingerprint density at radius 1 is 0.688 bits per heavy atom. The van der Waals surface area contributed by atoms with Crippen molar-refractivity contribution >= 4 is 23.1 Å². The van der Waals surface area contributed by atoms with Gasteiger partial charge in [0.1, 0.15) is 35.0 Å². The predicted octanol–water partition coefficient (Wildman–Crippen LogP) is -6.57. The molecule has 0 amide bonds. The molecule has 1 aromatic heterocycles. The van der Waals surface area contributed by atoms with Crippen molar-refractivity contribution in [1.82, 2.24) is 4.98 Å². The Labute approximate surface area is 216 Å². The van der Waals surface area contributed by atoms with Gasteiger partial charge in [-0.15, -0.1) is 0 Å². The van der Waals surface area contributed by atoms with Crippen molar-refractivity contribution < 1.29 is 65.3 Å². The van der Waals surface area contributed by atoms with E-state index in [0.29, 0.717) is 23.1 Å². The third-order valence-corrected chi connectivity index (χ3v) is 4.76. The molecule has 1 aromatic rings. The first-order valence-corrected chi connectivity index (χ1v) is 8.92. The standard InChI is InChI=1S/C21H17N5O2.3ClH.V/c1-27-12-6-8-14-18(10-12)25-20(23-14)16-4-3-5-17(22-16)21-24-15-9-7-13(28-2)11-19(15)26-21;;;;/h3-11,18-19H,1-2H3;3*1H;/p-3. The Hall–Kier alpha value is -2.16. The number of aliphatic imine (C=N–C) groups is 4. The van der Waals surface area contributed by atoms with E-state index in [9.17, 15) is 0 Å². The Morgan fingerprint density at radius 2 is 1.12 bits per heavy atom. The van der Waals surface area contributed by atoms with Crippen LogP contribution in [-0.2, 0) is 28.0 Å². The quantitative estimate of drug-likeness (QED) is 0.390. The minimum Gasteiger partial charge on any atom is -1.00 e. The zero-order valence-corrected chi connectivity index (χ0v) is 20.6. The van der Waals surface area contributed by atoms with E-state index in [1.54, 1.807) is 14.2 Å². The first-order chi connectivity index (χ1) is 13.7. The van der Waals surface area contributed by atoms with Gasteiger partial charge in [-0.2, -0.15) is 0 Å². The SMILES string of the molecule is COC1=CC2N=C(c3cccc(C4=NC5C=C(OC)C=CC5=N4)n3)N=C2C=C1.[Cl-].[Cl-].[Cl-].[V]. The molecule has 1 radical (unpaired) electrons. The van der Waals surface area contributed by atoms with E-state index in [1.807, 2.05) is 54.7 Å². The molecule has 32 heavy (non-hydrogen) atoms. The van der Waals surface area contributed by atoms with Gasteiger partial charge < -0.3 is 46.7 Å². The van der Waals surface area contributed by atoms with Crippen LogP contribution in [0.3, 0.4) is 0 Å². The van der Waals surface area contributed by atoms with Crippen LogP contribution in [0.1, 0.15) is 11.4 Å². The average Bonchev–Trinajstić information content (AvgIpc) is 3.36. The molecule has 0 saturated heterocycles. The van der Waals surface area contributed by atoms with Gasteiger partial charge in [0.05, 0.1) is 25.6 Å². The Balaban J connectivity index is 0.00000128. The number of rotatable bonds is 4. The van der Waals surface area contributed by atoms with Crippen molar-refractivity contribution in [2.24, 2.45) is 20.0 Å². The zero-order chi connectivity index (χ0) is 19.1. The Bertz CT molecular complexity index is 1040. The molecule has 2 aliphatic carbocycles. The molecular formula is C21H17Cl3N5O2V-3. The second-order valence-corrected chi connectivity index (χ2v) is 6.49. The van der Waals surface area contributed by atoms with E-state index in [4.69, 9.17) is 14.5 Å². The minimum atomic E-state index is -0.130. The van der Waals surface area contributed by atoms with Gasteiger partial charge in [0.25, 0.3) is 0 Å². The molecule has 0 spiro atoms. The summed E-state index contributed by atoms with van der Waals surface area (Å²) < 4.78 is 10.5. The van der Waals surface area contributed by atoms with Crippen molar-refractivity contribution in [2.75, 3.05) is 14.2 Å². The average molecular weight is 529 g/mol. The van der Waals surface area contributed by atoms with Crippen LogP contribution < -0.4 is 37.2 Å². The van der Waals surface area contributed by atoms with Gasteiger partial charge in [0.15, 0.2) is 11.7 Å². The van der Waals surface area contributed by atoms with Crippen LogP contribution in [0.5, 0.6) is 0 Å². The van der Waals surface area contributed by atoms with Gasteiger partial charge >= 0.3 is 0 Å². The normalized spacial score (nSPS) is 21.3. The maximum Gasteiger partial charge on any atom is 0.174 e. The van der Waals surface area contributed by atoms with Gasteiger partial charge in [-0.1, -0.05) is 6.07 Å². The number of allylic oxidation sites excluding steroid dienone is 2. The number of halogens is 3. The number of ether oxygens (including phenoxy) is 2. The molecule has 2 atom stereocenters. The predicted molar refractivity (Wildman–Crippen MR) is 108 cm³/mol. The first kappa shape index (κ1) is 27.9. The van der Waals surface area contributed by atoms with Crippen molar-refractivity contribution in [3.05, 3.63) is 77.6 Å². The number of fused-ring (bicyclic) bond motifs is 2. The number of hydrogen-bond acceptors (Lipinski definition) is 7. The number of pyridine rings is 1. The molecule has 0 aromatic carbocycles. The van der Waals surface area contributed by atoms with Crippen LogP contribution in [0, 0.1) is 0 Å². The molecule has 0 bridgehead atoms. The zero-order valence-electron chi connectivity index (χ0n) is 17.0. The van der Waals surface area contributed by atoms with E-state index in [-0.39, 0.29) is 67.9 Å². The van der Waals surface area contributed by atoms with Gasteiger partial charge in [-0.25, -0.2) is 15.0 Å². The second kappa shape index (κ2) is 11.6. The van der Waals surface area contributed by atoms with Gasteiger partial charge in [-0.05, 0) is 48.6 Å². The number of amidine groups is 2. The van der Waals surface area contributed by atoms with Gasteiger partial charge in [0, 0.05) is 18.6 Å². The van der Waals surface area contributed by atoms with Crippen molar-refractivity contribution in [2.45, 2.75) is 12.1 Å². The molecule has 4 aliphatic rings. The Morgan fingerprint density at radius 3 is 1.53 bits per heavy atom. The van der Waals surface area contributed by atoms with Crippen LogP contribution in [0.4, 0.5) is 0 Å².